The lowest BCUT2D eigenvalue weighted by molar-refractivity contribution is -0.133. The van der Waals surface area contributed by atoms with Gasteiger partial charge in [-0.2, -0.15) is 0 Å². The van der Waals surface area contributed by atoms with Crippen LogP contribution in [0.2, 0.25) is 0 Å². The number of aryl methyl sites for hydroxylation is 1. The standard InChI is InChI=1S/C13H13NO2/c15-8-16-9-5-6-13-11(7-9)10-3-1-2-4-12(10)14-13/h1-4,8-9,14H,5-7H2. The van der Waals surface area contributed by atoms with E-state index in [1.807, 2.05) is 12.1 Å². The Hall–Kier alpha value is -1.77. The van der Waals surface area contributed by atoms with Crippen LogP contribution in [0.4, 0.5) is 0 Å². The smallest absolute Gasteiger partial charge is 0.293 e. The second-order valence-electron chi connectivity index (χ2n) is 4.22. The van der Waals surface area contributed by atoms with E-state index in [4.69, 9.17) is 4.74 Å². The predicted octanol–water partition coefficient (Wildman–Crippen LogP) is 2.20. The zero-order valence-corrected chi connectivity index (χ0v) is 8.90. The molecule has 0 spiro atoms. The molecular weight excluding hydrogens is 202 g/mol. The number of nitrogens with one attached hydrogen (secondary N) is 1. The zero-order chi connectivity index (χ0) is 11.0. The van der Waals surface area contributed by atoms with Gasteiger partial charge in [-0.05, 0) is 24.5 Å². The van der Waals surface area contributed by atoms with Crippen LogP contribution in [0, 0.1) is 0 Å². The van der Waals surface area contributed by atoms with E-state index in [0.717, 1.165) is 19.3 Å². The van der Waals surface area contributed by atoms with Gasteiger partial charge in [-0.25, -0.2) is 0 Å². The Labute approximate surface area is 93.4 Å². The van der Waals surface area contributed by atoms with Crippen molar-refractivity contribution < 1.29 is 9.53 Å². The molecule has 1 heterocycles. The van der Waals surface area contributed by atoms with Gasteiger partial charge in [0, 0.05) is 23.0 Å². The number of carbonyl (C=O) groups excluding carboxylic acids is 1. The fraction of sp³-hybridized carbons (Fsp3) is 0.308. The van der Waals surface area contributed by atoms with Crippen LogP contribution in [0.15, 0.2) is 24.3 Å². The second-order valence-corrected chi connectivity index (χ2v) is 4.22. The summed E-state index contributed by atoms with van der Waals surface area (Å²) in [6, 6.07) is 8.28. The van der Waals surface area contributed by atoms with Crippen molar-refractivity contribution in [3.8, 4) is 0 Å². The number of benzene rings is 1. The van der Waals surface area contributed by atoms with Crippen LogP contribution < -0.4 is 0 Å². The Morgan fingerprint density at radius 2 is 2.25 bits per heavy atom. The first-order valence-corrected chi connectivity index (χ1v) is 5.56. The van der Waals surface area contributed by atoms with E-state index < -0.39 is 0 Å². The van der Waals surface area contributed by atoms with Gasteiger partial charge in [-0.15, -0.1) is 0 Å². The molecule has 1 aliphatic rings. The number of carbonyl (C=O) groups is 1. The Balaban J connectivity index is 2.04. The maximum Gasteiger partial charge on any atom is 0.293 e. The molecule has 3 rings (SSSR count). The fourth-order valence-electron chi connectivity index (χ4n) is 2.53. The molecule has 1 aromatic carbocycles. The number of aromatic nitrogens is 1. The Kier molecular flexibility index (Phi) is 2.17. The average Bonchev–Trinajstić information content (AvgIpc) is 2.68. The van der Waals surface area contributed by atoms with Gasteiger partial charge >= 0.3 is 0 Å². The molecule has 2 aromatic rings. The summed E-state index contributed by atoms with van der Waals surface area (Å²) in [5.41, 5.74) is 3.79. The lowest BCUT2D eigenvalue weighted by atomic mass is 9.93. The normalized spacial score (nSPS) is 19.4. The lowest BCUT2D eigenvalue weighted by Gasteiger charge is -2.20. The topological polar surface area (TPSA) is 42.1 Å². The molecule has 0 radical (unpaired) electrons. The summed E-state index contributed by atoms with van der Waals surface area (Å²) in [5.74, 6) is 0. The summed E-state index contributed by atoms with van der Waals surface area (Å²) in [6.45, 7) is 0.560. The first-order chi connectivity index (χ1) is 7.88. The molecule has 0 saturated carbocycles. The minimum Gasteiger partial charge on any atom is -0.464 e. The number of para-hydroxylation sites is 1. The molecule has 1 aromatic heterocycles. The molecule has 16 heavy (non-hydrogen) atoms. The first kappa shape index (κ1) is 9.46. The minimum atomic E-state index is 0.0456. The van der Waals surface area contributed by atoms with Crippen molar-refractivity contribution in [2.24, 2.45) is 0 Å². The van der Waals surface area contributed by atoms with Gasteiger partial charge in [0.2, 0.25) is 0 Å². The molecule has 0 amide bonds. The largest absolute Gasteiger partial charge is 0.464 e. The Morgan fingerprint density at radius 1 is 1.38 bits per heavy atom. The number of H-pyrrole nitrogens is 1. The van der Waals surface area contributed by atoms with Crippen molar-refractivity contribution in [1.82, 2.24) is 4.98 Å². The predicted molar refractivity (Wildman–Crippen MR) is 61.3 cm³/mol. The first-order valence-electron chi connectivity index (χ1n) is 5.56. The molecular formula is C13H13NO2. The van der Waals surface area contributed by atoms with Crippen LogP contribution in [-0.2, 0) is 22.4 Å². The number of fused-ring (bicyclic) bond motifs is 3. The summed E-state index contributed by atoms with van der Waals surface area (Å²) in [4.78, 5) is 13.8. The zero-order valence-electron chi connectivity index (χ0n) is 8.90. The third-order valence-corrected chi connectivity index (χ3v) is 3.30. The van der Waals surface area contributed by atoms with E-state index in [1.54, 1.807) is 0 Å². The van der Waals surface area contributed by atoms with Crippen molar-refractivity contribution in [1.29, 1.82) is 0 Å². The summed E-state index contributed by atoms with van der Waals surface area (Å²) >= 11 is 0. The average molecular weight is 215 g/mol. The quantitative estimate of drug-likeness (QED) is 0.780. The molecule has 3 heteroatoms. The maximum atomic E-state index is 10.4. The van der Waals surface area contributed by atoms with Crippen LogP contribution in [-0.4, -0.2) is 17.6 Å². The van der Waals surface area contributed by atoms with E-state index in [0.29, 0.717) is 6.47 Å². The second kappa shape index (κ2) is 3.67. The molecule has 1 unspecified atom stereocenters. The van der Waals surface area contributed by atoms with Gasteiger partial charge in [-0.1, -0.05) is 18.2 Å². The number of aromatic amines is 1. The van der Waals surface area contributed by atoms with Crippen LogP contribution in [0.25, 0.3) is 10.9 Å². The number of hydrogen-bond acceptors (Lipinski definition) is 2. The molecule has 1 aliphatic carbocycles. The van der Waals surface area contributed by atoms with E-state index >= 15 is 0 Å². The van der Waals surface area contributed by atoms with Gasteiger partial charge in [0.25, 0.3) is 6.47 Å². The van der Waals surface area contributed by atoms with E-state index in [2.05, 4.69) is 17.1 Å². The molecule has 0 bridgehead atoms. The van der Waals surface area contributed by atoms with Crippen molar-refractivity contribution in [3.05, 3.63) is 35.5 Å². The third kappa shape index (κ3) is 1.40. The SMILES string of the molecule is O=COC1CCc2[nH]c3ccccc3c2C1. The molecule has 1 atom stereocenters. The minimum absolute atomic E-state index is 0.0456. The molecule has 0 aliphatic heterocycles. The molecule has 1 N–H and O–H groups in total. The van der Waals surface area contributed by atoms with E-state index in [-0.39, 0.29) is 6.10 Å². The van der Waals surface area contributed by atoms with E-state index in [9.17, 15) is 4.79 Å². The Bertz CT molecular complexity index is 530. The monoisotopic (exact) mass is 215 g/mol. The summed E-state index contributed by atoms with van der Waals surface area (Å²) < 4.78 is 5.06. The van der Waals surface area contributed by atoms with Crippen LogP contribution >= 0.6 is 0 Å². The summed E-state index contributed by atoms with van der Waals surface area (Å²) in [6.07, 6.45) is 2.75. The van der Waals surface area contributed by atoms with Crippen molar-refractivity contribution in [3.63, 3.8) is 0 Å². The van der Waals surface area contributed by atoms with Crippen molar-refractivity contribution >= 4 is 17.4 Å². The van der Waals surface area contributed by atoms with Gasteiger partial charge in [0.05, 0.1) is 0 Å². The highest BCUT2D eigenvalue weighted by atomic mass is 16.5. The van der Waals surface area contributed by atoms with E-state index in [1.165, 1.54) is 22.2 Å². The lowest BCUT2D eigenvalue weighted by Crippen LogP contribution is -2.21. The van der Waals surface area contributed by atoms with Crippen LogP contribution in [0.1, 0.15) is 17.7 Å². The van der Waals surface area contributed by atoms with Gasteiger partial charge in [-0.3, -0.25) is 4.79 Å². The fourth-order valence-corrected chi connectivity index (χ4v) is 2.53. The number of hydrogen-bond donors (Lipinski definition) is 1. The highest BCUT2D eigenvalue weighted by Crippen LogP contribution is 2.29. The Morgan fingerprint density at radius 3 is 3.12 bits per heavy atom. The molecule has 0 saturated heterocycles. The highest BCUT2D eigenvalue weighted by Gasteiger charge is 2.22. The van der Waals surface area contributed by atoms with Crippen molar-refractivity contribution in [2.75, 3.05) is 0 Å². The number of ether oxygens (including phenoxy) is 1. The third-order valence-electron chi connectivity index (χ3n) is 3.30. The van der Waals surface area contributed by atoms with Gasteiger partial charge in [0.15, 0.2) is 0 Å². The highest BCUT2D eigenvalue weighted by molar-refractivity contribution is 5.84. The number of rotatable bonds is 2. The van der Waals surface area contributed by atoms with Crippen LogP contribution in [0.3, 0.4) is 0 Å². The molecule has 3 nitrogen and oxygen atoms in total. The summed E-state index contributed by atoms with van der Waals surface area (Å²) in [7, 11) is 0. The van der Waals surface area contributed by atoms with Gasteiger partial charge in [0.1, 0.15) is 6.10 Å². The maximum absolute atomic E-state index is 10.4. The van der Waals surface area contributed by atoms with Gasteiger partial charge < -0.3 is 9.72 Å². The van der Waals surface area contributed by atoms with Crippen molar-refractivity contribution in [2.45, 2.75) is 25.4 Å². The molecule has 82 valence electrons. The molecule has 0 fully saturated rings. The van der Waals surface area contributed by atoms with Crippen LogP contribution in [0.5, 0.6) is 0 Å². The summed E-state index contributed by atoms with van der Waals surface area (Å²) in [5, 5.41) is 1.26.